The zero-order valence-corrected chi connectivity index (χ0v) is 20.8. The van der Waals surface area contributed by atoms with Crippen LogP contribution < -0.4 is 5.32 Å². The SMILES string of the molecule is CC.CC.O=C1NCc2c1c1c3c4c2c2ccccc2n4C2CCC(CO)(O2)C3c2ccccc2-1. The quantitative estimate of drug-likeness (QED) is 0.347. The van der Waals surface area contributed by atoms with Crippen molar-refractivity contribution in [2.45, 2.75) is 64.8 Å². The summed E-state index contributed by atoms with van der Waals surface area (Å²) in [5.74, 6) is -0.0794. The summed E-state index contributed by atoms with van der Waals surface area (Å²) in [5.41, 5.74) is 8.06. The molecule has 1 aromatic heterocycles. The maximum Gasteiger partial charge on any atom is 0.252 e. The molecular formula is C30H32N2O3. The normalized spacial score (nSPS) is 24.2. The van der Waals surface area contributed by atoms with Gasteiger partial charge >= 0.3 is 0 Å². The molecule has 4 aliphatic rings. The molecule has 0 saturated carbocycles. The third kappa shape index (κ3) is 2.58. The summed E-state index contributed by atoms with van der Waals surface area (Å²) < 4.78 is 9.12. The van der Waals surface area contributed by atoms with Gasteiger partial charge in [0.25, 0.3) is 5.91 Å². The average Bonchev–Trinajstić information content (AvgIpc) is 3.65. The molecule has 1 aliphatic carbocycles. The van der Waals surface area contributed by atoms with Crippen LogP contribution in [0, 0.1) is 0 Å². The number of ether oxygens (including phenoxy) is 1. The largest absolute Gasteiger partial charge is 0.393 e. The number of hydrogen-bond donors (Lipinski definition) is 2. The number of para-hydroxylation sites is 1. The van der Waals surface area contributed by atoms with Crippen molar-refractivity contribution < 1.29 is 14.6 Å². The van der Waals surface area contributed by atoms with Crippen LogP contribution in [0.1, 0.15) is 79.7 Å². The van der Waals surface area contributed by atoms with Gasteiger partial charge in [0.1, 0.15) is 11.8 Å². The van der Waals surface area contributed by atoms with E-state index in [0.29, 0.717) is 6.54 Å². The van der Waals surface area contributed by atoms with E-state index in [2.05, 4.69) is 52.3 Å². The fourth-order valence-electron chi connectivity index (χ4n) is 6.94. The highest BCUT2D eigenvalue weighted by molar-refractivity contribution is 6.20. The molecule has 4 aromatic rings. The minimum absolute atomic E-state index is 0.00353. The predicted octanol–water partition coefficient (Wildman–Crippen LogP) is 6.26. The van der Waals surface area contributed by atoms with Gasteiger partial charge in [0.2, 0.25) is 0 Å². The van der Waals surface area contributed by atoms with Crippen LogP contribution in [0.25, 0.3) is 32.9 Å². The van der Waals surface area contributed by atoms with Crippen molar-refractivity contribution in [2.75, 3.05) is 6.61 Å². The highest BCUT2D eigenvalue weighted by atomic mass is 16.5. The molecule has 3 aromatic carbocycles. The highest BCUT2D eigenvalue weighted by Crippen LogP contribution is 2.62. The minimum atomic E-state index is -0.664. The van der Waals surface area contributed by atoms with Crippen LogP contribution in [0.2, 0.25) is 0 Å². The van der Waals surface area contributed by atoms with E-state index in [1.807, 2.05) is 33.8 Å². The van der Waals surface area contributed by atoms with Crippen LogP contribution in [-0.4, -0.2) is 27.8 Å². The van der Waals surface area contributed by atoms with Gasteiger partial charge in [-0.2, -0.15) is 0 Å². The summed E-state index contributed by atoms with van der Waals surface area (Å²) >= 11 is 0. The second-order valence-electron chi connectivity index (χ2n) is 9.29. The van der Waals surface area contributed by atoms with Crippen LogP contribution in [0.3, 0.4) is 0 Å². The number of rotatable bonds is 1. The Labute approximate surface area is 205 Å². The van der Waals surface area contributed by atoms with Gasteiger partial charge in [-0.25, -0.2) is 0 Å². The molecule has 1 saturated heterocycles. The third-order valence-corrected chi connectivity index (χ3v) is 8.04. The Balaban J connectivity index is 0.000000546. The molecule has 5 nitrogen and oxygen atoms in total. The fourth-order valence-corrected chi connectivity index (χ4v) is 6.94. The van der Waals surface area contributed by atoms with E-state index < -0.39 is 5.60 Å². The van der Waals surface area contributed by atoms with Gasteiger partial charge < -0.3 is 19.7 Å². The number of aromatic nitrogens is 1. The lowest BCUT2D eigenvalue weighted by atomic mass is 9.77. The Morgan fingerprint density at radius 3 is 2.60 bits per heavy atom. The summed E-state index contributed by atoms with van der Waals surface area (Å²) in [7, 11) is 0. The first kappa shape index (κ1) is 22.3. The number of fused-ring (bicyclic) bond motifs is 13. The summed E-state index contributed by atoms with van der Waals surface area (Å²) in [5, 5.41) is 16.1. The molecule has 3 unspecified atom stereocenters. The topological polar surface area (TPSA) is 63.5 Å². The molecule has 3 atom stereocenters. The minimum Gasteiger partial charge on any atom is -0.393 e. The molecule has 1 amide bonds. The van der Waals surface area contributed by atoms with Gasteiger partial charge in [-0.15, -0.1) is 0 Å². The number of carbonyl (C=O) groups is 1. The molecule has 0 spiro atoms. The summed E-state index contributed by atoms with van der Waals surface area (Å²) in [6.07, 6.45) is 1.55. The van der Waals surface area contributed by atoms with Gasteiger partial charge in [0.15, 0.2) is 0 Å². The van der Waals surface area contributed by atoms with Gasteiger partial charge in [-0.1, -0.05) is 70.2 Å². The lowest BCUT2D eigenvalue weighted by Gasteiger charge is -2.33. The smallest absolute Gasteiger partial charge is 0.252 e. The maximum atomic E-state index is 13.1. The standard InChI is InChI=1S/C26H20N2O3.2C2H6/c29-12-26-10-9-18(31-26)28-17-8-4-3-7-15(17)19-16-11-27-25(30)21(16)20-13-5-1-2-6-14(13)23(26)22(20)24(19)28;2*1-2/h1-8,18,23,29H,9-12H2,(H,27,30);2*1-2H3. The number of aliphatic hydroxyl groups is 1. The first-order valence-electron chi connectivity index (χ1n) is 13.0. The van der Waals surface area contributed by atoms with Crippen molar-refractivity contribution in [1.82, 2.24) is 9.88 Å². The second-order valence-corrected chi connectivity index (χ2v) is 9.29. The highest BCUT2D eigenvalue weighted by Gasteiger charge is 2.55. The second kappa shape index (κ2) is 7.94. The lowest BCUT2D eigenvalue weighted by Crippen LogP contribution is -2.39. The van der Waals surface area contributed by atoms with Crippen molar-refractivity contribution in [3.63, 3.8) is 0 Å². The Bertz CT molecular complexity index is 1500. The van der Waals surface area contributed by atoms with Gasteiger partial charge in [-0.3, -0.25) is 4.79 Å². The molecule has 3 aliphatic heterocycles. The van der Waals surface area contributed by atoms with Crippen molar-refractivity contribution >= 4 is 27.7 Å². The zero-order valence-electron chi connectivity index (χ0n) is 20.8. The van der Waals surface area contributed by atoms with Crippen LogP contribution in [0.4, 0.5) is 0 Å². The first-order chi connectivity index (χ1) is 17.2. The number of hydrogen-bond acceptors (Lipinski definition) is 3. The van der Waals surface area contributed by atoms with Crippen LogP contribution in [0.5, 0.6) is 0 Å². The van der Waals surface area contributed by atoms with Gasteiger partial charge in [0.05, 0.1) is 23.2 Å². The molecule has 8 rings (SSSR count). The molecule has 4 heterocycles. The van der Waals surface area contributed by atoms with Crippen molar-refractivity contribution in [3.8, 4) is 11.1 Å². The van der Waals surface area contributed by atoms with Gasteiger partial charge in [0, 0.05) is 28.8 Å². The van der Waals surface area contributed by atoms with Crippen molar-refractivity contribution in [3.05, 3.63) is 70.8 Å². The number of carbonyl (C=O) groups excluding carboxylic acids is 1. The molecule has 180 valence electrons. The Morgan fingerprint density at radius 1 is 1.06 bits per heavy atom. The molecule has 35 heavy (non-hydrogen) atoms. The van der Waals surface area contributed by atoms with Crippen LogP contribution in [0.15, 0.2) is 48.5 Å². The summed E-state index contributed by atoms with van der Waals surface area (Å²) in [6, 6.07) is 16.8. The summed E-state index contributed by atoms with van der Waals surface area (Å²) in [4.78, 5) is 13.1. The molecule has 1 fully saturated rings. The monoisotopic (exact) mass is 468 g/mol. The number of benzene rings is 3. The molecular weight excluding hydrogens is 436 g/mol. The lowest BCUT2D eigenvalue weighted by molar-refractivity contribution is -0.0998. The van der Waals surface area contributed by atoms with E-state index in [9.17, 15) is 9.90 Å². The Hall–Kier alpha value is -3.15. The fraction of sp³-hybridized carbons (Fsp3) is 0.367. The number of nitrogens with zero attached hydrogens (tertiary/aromatic N) is 1. The average molecular weight is 469 g/mol. The van der Waals surface area contributed by atoms with E-state index >= 15 is 0 Å². The van der Waals surface area contributed by atoms with Crippen molar-refractivity contribution in [2.24, 2.45) is 0 Å². The molecule has 0 radical (unpaired) electrons. The summed E-state index contributed by atoms with van der Waals surface area (Å²) in [6.45, 7) is 8.52. The predicted molar refractivity (Wildman–Crippen MR) is 140 cm³/mol. The Kier molecular flexibility index (Phi) is 5.06. The Morgan fingerprint density at radius 2 is 1.80 bits per heavy atom. The zero-order chi connectivity index (χ0) is 24.5. The maximum absolute atomic E-state index is 13.1. The number of amides is 1. The first-order valence-corrected chi connectivity index (χ1v) is 13.0. The van der Waals surface area contributed by atoms with E-state index in [1.165, 1.54) is 27.4 Å². The molecule has 2 N–H and O–H groups in total. The van der Waals surface area contributed by atoms with Crippen LogP contribution >= 0.6 is 0 Å². The van der Waals surface area contributed by atoms with E-state index in [4.69, 9.17) is 4.74 Å². The van der Waals surface area contributed by atoms with E-state index in [-0.39, 0.29) is 24.7 Å². The van der Waals surface area contributed by atoms with Crippen LogP contribution in [-0.2, 0) is 11.3 Å². The van der Waals surface area contributed by atoms with Gasteiger partial charge in [-0.05, 0) is 41.2 Å². The molecule has 5 heteroatoms. The number of aliphatic hydroxyl groups excluding tert-OH is 1. The molecule has 2 bridgehead atoms. The third-order valence-electron chi connectivity index (χ3n) is 8.04. The van der Waals surface area contributed by atoms with Crippen molar-refractivity contribution in [1.29, 1.82) is 0 Å². The van der Waals surface area contributed by atoms with E-state index in [0.717, 1.165) is 40.6 Å². The van der Waals surface area contributed by atoms with E-state index in [1.54, 1.807) is 0 Å². The number of nitrogens with one attached hydrogen (secondary N) is 1.